The molecule has 0 aromatic carbocycles. The molecule has 2 aromatic rings. The molecule has 0 unspecified atom stereocenters. The van der Waals surface area contributed by atoms with Gasteiger partial charge in [-0.05, 0) is 30.9 Å². The standard InChI is InChI=1S/C14H19Cl2N3S/c1-20-7-5-3-2-4-6-19-13(9-15)18-12-8-11(16)10-17-14(12)19/h8,10H,2-7,9H2,1H3. The quantitative estimate of drug-likeness (QED) is 0.516. The monoisotopic (exact) mass is 331 g/mol. The van der Waals surface area contributed by atoms with E-state index in [9.17, 15) is 0 Å². The highest BCUT2D eigenvalue weighted by molar-refractivity contribution is 7.98. The lowest BCUT2D eigenvalue weighted by atomic mass is 10.2. The predicted molar refractivity (Wildman–Crippen MR) is 88.9 cm³/mol. The van der Waals surface area contributed by atoms with Gasteiger partial charge in [0.2, 0.25) is 0 Å². The fraction of sp³-hybridized carbons (Fsp3) is 0.571. The molecule has 2 rings (SSSR count). The predicted octanol–water partition coefficient (Wildman–Crippen LogP) is 4.75. The number of rotatable bonds is 8. The van der Waals surface area contributed by atoms with Crippen molar-refractivity contribution in [3.8, 4) is 0 Å². The molecule has 0 fully saturated rings. The second kappa shape index (κ2) is 8.11. The zero-order chi connectivity index (χ0) is 14.4. The Kier molecular flexibility index (Phi) is 6.46. The molecule has 3 nitrogen and oxygen atoms in total. The zero-order valence-corrected chi connectivity index (χ0v) is 13.9. The molecule has 0 aliphatic carbocycles. The van der Waals surface area contributed by atoms with Crippen LogP contribution < -0.4 is 0 Å². The molecule has 20 heavy (non-hydrogen) atoms. The van der Waals surface area contributed by atoms with Gasteiger partial charge in [0, 0.05) is 12.7 Å². The Hall–Kier alpha value is -0.450. The van der Waals surface area contributed by atoms with Crippen LogP contribution >= 0.6 is 35.0 Å². The highest BCUT2D eigenvalue weighted by atomic mass is 35.5. The van der Waals surface area contributed by atoms with Crippen LogP contribution in [0.15, 0.2) is 12.3 Å². The second-order valence-electron chi connectivity index (χ2n) is 4.72. The lowest BCUT2D eigenvalue weighted by molar-refractivity contribution is 0.580. The Bertz CT molecular complexity index is 557. The average molecular weight is 332 g/mol. The Morgan fingerprint density at radius 2 is 2.05 bits per heavy atom. The summed E-state index contributed by atoms with van der Waals surface area (Å²) in [5.74, 6) is 2.53. The number of unbranched alkanes of at least 4 members (excludes halogenated alkanes) is 3. The SMILES string of the molecule is CSCCCCCCn1c(CCl)nc2cc(Cl)cnc21. The smallest absolute Gasteiger partial charge is 0.160 e. The molecule has 2 heterocycles. The average Bonchev–Trinajstić information content (AvgIpc) is 2.79. The molecule has 0 N–H and O–H groups in total. The van der Waals surface area contributed by atoms with E-state index >= 15 is 0 Å². The summed E-state index contributed by atoms with van der Waals surface area (Å²) in [4.78, 5) is 8.89. The largest absolute Gasteiger partial charge is 0.312 e. The molecule has 2 aromatic heterocycles. The molecule has 0 spiro atoms. The van der Waals surface area contributed by atoms with Crippen molar-refractivity contribution in [2.75, 3.05) is 12.0 Å². The minimum atomic E-state index is 0.403. The van der Waals surface area contributed by atoms with Crippen molar-refractivity contribution in [1.29, 1.82) is 0 Å². The van der Waals surface area contributed by atoms with Crippen molar-refractivity contribution >= 4 is 46.1 Å². The number of aromatic nitrogens is 3. The van der Waals surface area contributed by atoms with Crippen LogP contribution in [0.4, 0.5) is 0 Å². The molecule has 0 aliphatic rings. The van der Waals surface area contributed by atoms with E-state index < -0.39 is 0 Å². The van der Waals surface area contributed by atoms with E-state index in [0.29, 0.717) is 10.9 Å². The molecular formula is C14H19Cl2N3S. The Morgan fingerprint density at radius 3 is 2.80 bits per heavy atom. The van der Waals surface area contributed by atoms with Crippen molar-refractivity contribution in [3.05, 3.63) is 23.1 Å². The lowest BCUT2D eigenvalue weighted by Gasteiger charge is -2.07. The van der Waals surface area contributed by atoms with E-state index in [2.05, 4.69) is 20.8 Å². The summed E-state index contributed by atoms with van der Waals surface area (Å²) in [6.07, 6.45) is 8.76. The van der Waals surface area contributed by atoms with Gasteiger partial charge in [0.25, 0.3) is 0 Å². The molecule has 0 aliphatic heterocycles. The van der Waals surface area contributed by atoms with Crippen molar-refractivity contribution in [3.63, 3.8) is 0 Å². The summed E-state index contributed by atoms with van der Waals surface area (Å²) in [6, 6.07) is 1.84. The fourth-order valence-electron chi connectivity index (χ4n) is 2.24. The fourth-order valence-corrected chi connectivity index (χ4v) is 3.09. The van der Waals surface area contributed by atoms with E-state index in [1.54, 1.807) is 6.20 Å². The highest BCUT2D eigenvalue weighted by Gasteiger charge is 2.11. The van der Waals surface area contributed by atoms with Crippen LogP contribution in [0.5, 0.6) is 0 Å². The number of hydrogen-bond acceptors (Lipinski definition) is 3. The zero-order valence-electron chi connectivity index (χ0n) is 11.6. The van der Waals surface area contributed by atoms with E-state index in [1.165, 1.54) is 25.0 Å². The van der Waals surface area contributed by atoms with Gasteiger partial charge in [0.05, 0.1) is 10.9 Å². The third kappa shape index (κ3) is 4.03. The maximum absolute atomic E-state index is 5.98. The first-order valence-electron chi connectivity index (χ1n) is 6.82. The molecule has 0 saturated carbocycles. The van der Waals surface area contributed by atoms with Crippen molar-refractivity contribution < 1.29 is 0 Å². The normalized spacial score (nSPS) is 11.3. The van der Waals surface area contributed by atoms with E-state index in [-0.39, 0.29) is 0 Å². The highest BCUT2D eigenvalue weighted by Crippen LogP contribution is 2.20. The lowest BCUT2D eigenvalue weighted by Crippen LogP contribution is -2.03. The number of fused-ring (bicyclic) bond motifs is 1. The van der Waals surface area contributed by atoms with Gasteiger partial charge in [0.15, 0.2) is 5.65 Å². The molecule has 6 heteroatoms. The summed E-state index contributed by atoms with van der Waals surface area (Å²) in [6.45, 7) is 0.923. The van der Waals surface area contributed by atoms with Gasteiger partial charge in [-0.3, -0.25) is 0 Å². The van der Waals surface area contributed by atoms with Crippen molar-refractivity contribution in [2.24, 2.45) is 0 Å². The van der Waals surface area contributed by atoms with Gasteiger partial charge >= 0.3 is 0 Å². The topological polar surface area (TPSA) is 30.7 Å². The first-order valence-corrected chi connectivity index (χ1v) is 9.12. The molecule has 0 bridgehead atoms. The van der Waals surface area contributed by atoms with Crippen LogP contribution in [0.1, 0.15) is 31.5 Å². The van der Waals surface area contributed by atoms with Crippen LogP contribution in [-0.2, 0) is 12.4 Å². The van der Waals surface area contributed by atoms with Crippen LogP contribution in [0.2, 0.25) is 5.02 Å². The summed E-state index contributed by atoms with van der Waals surface area (Å²) < 4.78 is 2.12. The van der Waals surface area contributed by atoms with Crippen molar-refractivity contribution in [2.45, 2.75) is 38.1 Å². The molecule has 0 radical (unpaired) electrons. The molecule has 110 valence electrons. The first kappa shape index (κ1) is 15.9. The Morgan fingerprint density at radius 1 is 1.25 bits per heavy atom. The second-order valence-corrected chi connectivity index (χ2v) is 6.41. The molecule has 0 amide bonds. The minimum absolute atomic E-state index is 0.403. The molecule has 0 atom stereocenters. The molecular weight excluding hydrogens is 313 g/mol. The van der Waals surface area contributed by atoms with Gasteiger partial charge in [0.1, 0.15) is 11.3 Å². The van der Waals surface area contributed by atoms with Gasteiger partial charge in [-0.15, -0.1) is 11.6 Å². The number of aryl methyl sites for hydroxylation is 1. The maximum Gasteiger partial charge on any atom is 0.160 e. The Balaban J connectivity index is 2.01. The summed E-state index contributed by atoms with van der Waals surface area (Å²) in [7, 11) is 0. The number of thioether (sulfide) groups is 1. The Labute approximate surface area is 134 Å². The third-order valence-corrected chi connectivity index (χ3v) is 4.37. The number of hydrogen-bond donors (Lipinski definition) is 0. The van der Waals surface area contributed by atoms with E-state index in [4.69, 9.17) is 23.2 Å². The van der Waals surface area contributed by atoms with E-state index in [1.807, 2.05) is 17.8 Å². The first-order chi connectivity index (χ1) is 9.76. The maximum atomic E-state index is 5.98. The van der Waals surface area contributed by atoms with Gasteiger partial charge in [-0.1, -0.05) is 24.4 Å². The minimum Gasteiger partial charge on any atom is -0.312 e. The van der Waals surface area contributed by atoms with Crippen LogP contribution in [0.25, 0.3) is 11.2 Å². The third-order valence-electron chi connectivity index (χ3n) is 3.23. The van der Waals surface area contributed by atoms with E-state index in [0.717, 1.165) is 30.0 Å². The van der Waals surface area contributed by atoms with Crippen molar-refractivity contribution in [1.82, 2.24) is 14.5 Å². The number of halogens is 2. The molecule has 0 saturated heterocycles. The van der Waals surface area contributed by atoms with Gasteiger partial charge < -0.3 is 4.57 Å². The number of imidazole rings is 1. The van der Waals surface area contributed by atoms with Crippen LogP contribution in [-0.4, -0.2) is 26.5 Å². The summed E-state index contributed by atoms with van der Waals surface area (Å²) >= 11 is 13.8. The van der Waals surface area contributed by atoms with Crippen LogP contribution in [0.3, 0.4) is 0 Å². The summed E-state index contributed by atoms with van der Waals surface area (Å²) in [5.41, 5.74) is 1.71. The number of pyridine rings is 1. The number of nitrogens with zero attached hydrogens (tertiary/aromatic N) is 3. The van der Waals surface area contributed by atoms with Crippen LogP contribution in [0, 0.1) is 0 Å². The van der Waals surface area contributed by atoms with Gasteiger partial charge in [-0.25, -0.2) is 9.97 Å². The number of alkyl halides is 1. The summed E-state index contributed by atoms with van der Waals surface area (Å²) in [5, 5.41) is 0.611. The van der Waals surface area contributed by atoms with Gasteiger partial charge in [-0.2, -0.15) is 11.8 Å².